The molecule has 0 spiro atoms. The quantitative estimate of drug-likeness (QED) is 0.778. The summed E-state index contributed by atoms with van der Waals surface area (Å²) < 4.78 is 2.09. The van der Waals surface area contributed by atoms with Crippen LogP contribution in [0.1, 0.15) is 48.5 Å². The molecule has 3 rings (SSSR count). The number of hydrogen-bond acceptors (Lipinski definition) is 2. The Morgan fingerprint density at radius 2 is 2.11 bits per heavy atom. The molecule has 104 valence electrons. The molecule has 0 radical (unpaired) electrons. The van der Waals surface area contributed by atoms with Gasteiger partial charge in [-0.2, -0.15) is 0 Å². The molecule has 1 aliphatic carbocycles. The van der Waals surface area contributed by atoms with E-state index in [1.807, 2.05) is 6.07 Å². The number of hydrogen-bond donors (Lipinski definition) is 0. The molecule has 1 fully saturated rings. The van der Waals surface area contributed by atoms with Crippen LogP contribution in [0.15, 0.2) is 10.9 Å². The van der Waals surface area contributed by atoms with Gasteiger partial charge in [-0.1, -0.05) is 12.8 Å². The minimum Gasteiger partial charge on any atom is -0.309 e. The number of alkyl halides is 1. The van der Waals surface area contributed by atoms with Crippen LogP contribution in [0, 0.1) is 0 Å². The molecule has 1 aromatic heterocycles. The Bertz CT molecular complexity index is 532. The highest BCUT2D eigenvalue weighted by molar-refractivity contribution is 6.17. The van der Waals surface area contributed by atoms with E-state index in [4.69, 9.17) is 11.6 Å². The van der Waals surface area contributed by atoms with Gasteiger partial charge < -0.3 is 9.47 Å². The van der Waals surface area contributed by atoms with Crippen LogP contribution in [0.3, 0.4) is 0 Å². The molecule has 19 heavy (non-hydrogen) atoms. The average molecular weight is 281 g/mol. The van der Waals surface area contributed by atoms with Gasteiger partial charge in [0.15, 0.2) is 0 Å². The number of pyridine rings is 1. The molecular weight excluding hydrogens is 260 g/mol. The zero-order valence-electron chi connectivity index (χ0n) is 11.5. The minimum atomic E-state index is 0.158. The van der Waals surface area contributed by atoms with Crippen LogP contribution in [-0.4, -0.2) is 23.1 Å². The summed E-state index contributed by atoms with van der Waals surface area (Å²) in [5, 5.41) is 0. The molecule has 2 heterocycles. The van der Waals surface area contributed by atoms with E-state index in [0.29, 0.717) is 11.9 Å². The van der Waals surface area contributed by atoms with Crippen molar-refractivity contribution in [2.45, 2.75) is 50.6 Å². The van der Waals surface area contributed by atoms with E-state index in [1.54, 1.807) is 0 Å². The normalized spacial score (nSPS) is 20.7. The SMILES string of the molecule is CN1CCc2c(cc(CCl)c(=O)n2C2CCCC2)C1. The molecule has 3 nitrogen and oxygen atoms in total. The van der Waals surface area contributed by atoms with Crippen molar-refractivity contribution in [2.75, 3.05) is 13.6 Å². The second-order valence-corrected chi connectivity index (χ2v) is 6.14. The smallest absolute Gasteiger partial charge is 0.255 e. The summed E-state index contributed by atoms with van der Waals surface area (Å²) in [6.45, 7) is 1.98. The van der Waals surface area contributed by atoms with E-state index in [9.17, 15) is 4.79 Å². The number of halogens is 1. The van der Waals surface area contributed by atoms with Crippen molar-refractivity contribution < 1.29 is 0 Å². The maximum atomic E-state index is 12.6. The first-order valence-electron chi connectivity index (χ1n) is 7.21. The summed E-state index contributed by atoms with van der Waals surface area (Å²) in [6, 6.07) is 2.44. The Balaban J connectivity index is 2.14. The van der Waals surface area contributed by atoms with Crippen LogP contribution in [-0.2, 0) is 18.8 Å². The van der Waals surface area contributed by atoms with Crippen molar-refractivity contribution in [3.05, 3.63) is 33.2 Å². The summed E-state index contributed by atoms with van der Waals surface area (Å²) in [4.78, 5) is 14.9. The number of fused-ring (bicyclic) bond motifs is 1. The van der Waals surface area contributed by atoms with Crippen LogP contribution < -0.4 is 5.56 Å². The summed E-state index contributed by atoms with van der Waals surface area (Å²) in [7, 11) is 2.13. The number of aromatic nitrogens is 1. The monoisotopic (exact) mass is 280 g/mol. The van der Waals surface area contributed by atoms with Crippen LogP contribution in [0.5, 0.6) is 0 Å². The number of likely N-dealkylation sites (N-methyl/N-ethyl adjacent to an activating group) is 1. The molecule has 0 aromatic carbocycles. The highest BCUT2D eigenvalue weighted by Crippen LogP contribution is 2.31. The molecule has 0 unspecified atom stereocenters. The fraction of sp³-hybridized carbons (Fsp3) is 0.667. The first kappa shape index (κ1) is 13.2. The summed E-state index contributed by atoms with van der Waals surface area (Å²) >= 11 is 5.96. The molecule has 4 heteroatoms. The molecule has 1 saturated carbocycles. The average Bonchev–Trinajstić information content (AvgIpc) is 2.92. The molecule has 2 aliphatic rings. The summed E-state index contributed by atoms with van der Waals surface area (Å²) in [5.74, 6) is 0.322. The molecule has 0 atom stereocenters. The lowest BCUT2D eigenvalue weighted by Crippen LogP contribution is -2.36. The van der Waals surface area contributed by atoms with E-state index in [2.05, 4.69) is 16.5 Å². The van der Waals surface area contributed by atoms with E-state index in [0.717, 1.165) is 37.9 Å². The third-order valence-electron chi connectivity index (χ3n) is 4.51. The minimum absolute atomic E-state index is 0.158. The predicted octanol–water partition coefficient (Wildman–Crippen LogP) is 2.69. The lowest BCUT2D eigenvalue weighted by molar-refractivity contribution is 0.299. The topological polar surface area (TPSA) is 25.2 Å². The highest BCUT2D eigenvalue weighted by atomic mass is 35.5. The van der Waals surface area contributed by atoms with Crippen molar-refractivity contribution in [3.63, 3.8) is 0 Å². The summed E-state index contributed by atoms with van der Waals surface area (Å²) in [5.41, 5.74) is 3.49. The van der Waals surface area contributed by atoms with Gasteiger partial charge in [-0.15, -0.1) is 11.6 Å². The first-order chi connectivity index (χ1) is 9.20. The maximum absolute atomic E-state index is 12.6. The van der Waals surface area contributed by atoms with E-state index in [-0.39, 0.29) is 5.56 Å². The highest BCUT2D eigenvalue weighted by Gasteiger charge is 2.25. The van der Waals surface area contributed by atoms with E-state index < -0.39 is 0 Å². The van der Waals surface area contributed by atoms with Crippen LogP contribution in [0.2, 0.25) is 0 Å². The van der Waals surface area contributed by atoms with Crippen molar-refractivity contribution in [1.82, 2.24) is 9.47 Å². The van der Waals surface area contributed by atoms with Gasteiger partial charge in [0, 0.05) is 36.8 Å². The van der Waals surface area contributed by atoms with E-state index in [1.165, 1.54) is 24.1 Å². The Hall–Kier alpha value is -0.800. The van der Waals surface area contributed by atoms with Gasteiger partial charge in [-0.25, -0.2) is 0 Å². The third kappa shape index (κ3) is 2.34. The second kappa shape index (κ2) is 5.29. The maximum Gasteiger partial charge on any atom is 0.255 e. The number of rotatable bonds is 2. The fourth-order valence-electron chi connectivity index (χ4n) is 3.52. The molecule has 0 saturated heterocycles. The standard InChI is InChI=1S/C15H21ClN2O/c1-17-7-6-14-12(10-17)8-11(9-16)15(19)18(14)13-4-2-3-5-13/h8,13H,2-7,9-10H2,1H3. The third-order valence-corrected chi connectivity index (χ3v) is 4.80. The number of nitrogens with zero attached hydrogens (tertiary/aromatic N) is 2. The predicted molar refractivity (Wildman–Crippen MR) is 77.8 cm³/mol. The first-order valence-corrected chi connectivity index (χ1v) is 7.75. The van der Waals surface area contributed by atoms with Crippen molar-refractivity contribution in [3.8, 4) is 0 Å². The Kier molecular flexibility index (Phi) is 3.68. The molecular formula is C15H21ClN2O. The Labute approximate surface area is 119 Å². The molecule has 1 aliphatic heterocycles. The lowest BCUT2D eigenvalue weighted by Gasteiger charge is -2.30. The van der Waals surface area contributed by atoms with Gasteiger partial charge >= 0.3 is 0 Å². The lowest BCUT2D eigenvalue weighted by atomic mass is 10.0. The van der Waals surface area contributed by atoms with Crippen molar-refractivity contribution in [2.24, 2.45) is 0 Å². The Morgan fingerprint density at radius 3 is 2.79 bits per heavy atom. The summed E-state index contributed by atoms with van der Waals surface area (Å²) in [6.07, 6.45) is 5.77. The van der Waals surface area contributed by atoms with Gasteiger partial charge in [-0.05, 0) is 31.5 Å². The molecule has 0 bridgehead atoms. The van der Waals surface area contributed by atoms with Gasteiger partial charge in [0.25, 0.3) is 5.56 Å². The molecule has 0 amide bonds. The molecule has 0 N–H and O–H groups in total. The molecule has 1 aromatic rings. The van der Waals surface area contributed by atoms with Crippen LogP contribution >= 0.6 is 11.6 Å². The fourth-order valence-corrected chi connectivity index (χ4v) is 3.71. The van der Waals surface area contributed by atoms with Crippen LogP contribution in [0.4, 0.5) is 0 Å². The van der Waals surface area contributed by atoms with Gasteiger partial charge in [0.1, 0.15) is 0 Å². The second-order valence-electron chi connectivity index (χ2n) is 5.88. The van der Waals surface area contributed by atoms with Gasteiger partial charge in [-0.3, -0.25) is 4.79 Å². The van der Waals surface area contributed by atoms with Crippen LogP contribution in [0.25, 0.3) is 0 Å². The van der Waals surface area contributed by atoms with Gasteiger partial charge in [0.05, 0.1) is 5.88 Å². The van der Waals surface area contributed by atoms with Gasteiger partial charge in [0.2, 0.25) is 0 Å². The zero-order chi connectivity index (χ0) is 13.4. The largest absolute Gasteiger partial charge is 0.309 e. The van der Waals surface area contributed by atoms with E-state index >= 15 is 0 Å². The van der Waals surface area contributed by atoms with Crippen molar-refractivity contribution >= 4 is 11.6 Å². The van der Waals surface area contributed by atoms with Crippen molar-refractivity contribution in [1.29, 1.82) is 0 Å². The zero-order valence-corrected chi connectivity index (χ0v) is 12.2. The Morgan fingerprint density at radius 1 is 1.37 bits per heavy atom.